The van der Waals surface area contributed by atoms with E-state index in [9.17, 15) is 5.11 Å². The number of rotatable bonds is 5. The summed E-state index contributed by atoms with van der Waals surface area (Å²) >= 11 is 5.78. The smallest absolute Gasteiger partial charge is 0.174 e. The van der Waals surface area contributed by atoms with E-state index in [0.717, 1.165) is 28.5 Å². The summed E-state index contributed by atoms with van der Waals surface area (Å²) in [6, 6.07) is 24.7. The van der Waals surface area contributed by atoms with Crippen LogP contribution in [0, 0.1) is 0 Å². The minimum atomic E-state index is -0.179. The van der Waals surface area contributed by atoms with Crippen molar-refractivity contribution in [2.24, 2.45) is 0 Å². The van der Waals surface area contributed by atoms with Crippen molar-refractivity contribution < 1.29 is 9.84 Å². The van der Waals surface area contributed by atoms with E-state index in [-0.39, 0.29) is 17.8 Å². The van der Waals surface area contributed by atoms with Crippen LogP contribution in [0.2, 0.25) is 0 Å². The molecule has 0 bridgehead atoms. The molecule has 5 rings (SSSR count). The highest BCUT2D eigenvalue weighted by atomic mass is 32.1. The maximum Gasteiger partial charge on any atom is 0.174 e. The van der Waals surface area contributed by atoms with Gasteiger partial charge < -0.3 is 24.6 Å². The number of ether oxygens (including phenoxy) is 1. The van der Waals surface area contributed by atoms with Crippen molar-refractivity contribution in [1.82, 2.24) is 14.9 Å². The van der Waals surface area contributed by atoms with E-state index in [1.165, 1.54) is 0 Å². The molecule has 2 N–H and O–H groups in total. The number of aromatic hydroxyl groups is 1. The Labute approximate surface area is 191 Å². The van der Waals surface area contributed by atoms with Crippen molar-refractivity contribution in [3.05, 3.63) is 103 Å². The van der Waals surface area contributed by atoms with Gasteiger partial charge in [0.15, 0.2) is 5.11 Å². The second kappa shape index (κ2) is 8.36. The molecule has 6 nitrogen and oxygen atoms in total. The number of benzene rings is 2. The number of aromatic nitrogens is 2. The van der Waals surface area contributed by atoms with Gasteiger partial charge in [0.05, 0.1) is 24.5 Å². The number of hydrogen-bond donors (Lipinski definition) is 2. The fourth-order valence-electron chi connectivity index (χ4n) is 4.23. The fraction of sp³-hybridized carbons (Fsp3) is 0.120. The summed E-state index contributed by atoms with van der Waals surface area (Å²) in [5, 5.41) is 13.9. The molecule has 0 radical (unpaired) electrons. The number of pyridine rings is 1. The van der Waals surface area contributed by atoms with E-state index in [2.05, 4.69) is 25.8 Å². The SMILES string of the molecule is COc1ccccc1-n1cccc1[C@H]1[C@@H](c2ccccn2)NC(=S)N1c1ccc(O)cc1. The maximum atomic E-state index is 9.80. The molecule has 0 spiro atoms. The number of hydrogen-bond acceptors (Lipinski definition) is 4. The number of para-hydroxylation sites is 2. The number of nitrogens with one attached hydrogen (secondary N) is 1. The first-order valence-corrected chi connectivity index (χ1v) is 10.7. The highest BCUT2D eigenvalue weighted by molar-refractivity contribution is 7.80. The number of phenolic OH excluding ortho intramolecular Hbond substituents is 1. The highest BCUT2D eigenvalue weighted by Gasteiger charge is 2.42. The van der Waals surface area contributed by atoms with Gasteiger partial charge in [0.2, 0.25) is 0 Å². The number of thiocarbonyl (C=S) groups is 1. The largest absolute Gasteiger partial charge is 0.508 e. The molecule has 1 aliphatic heterocycles. The normalized spacial score (nSPS) is 17.9. The van der Waals surface area contributed by atoms with Crippen LogP contribution in [0.15, 0.2) is 91.3 Å². The topological polar surface area (TPSA) is 62.5 Å². The summed E-state index contributed by atoms with van der Waals surface area (Å²) in [6.45, 7) is 0. The summed E-state index contributed by atoms with van der Waals surface area (Å²) in [5.41, 5.74) is 3.76. The number of phenols is 1. The molecule has 2 aromatic heterocycles. The highest BCUT2D eigenvalue weighted by Crippen LogP contribution is 2.43. The van der Waals surface area contributed by atoms with Gasteiger partial charge in [-0.3, -0.25) is 4.98 Å². The van der Waals surface area contributed by atoms with Crippen LogP contribution in [0.3, 0.4) is 0 Å². The van der Waals surface area contributed by atoms with E-state index >= 15 is 0 Å². The molecular formula is C25H22N4O2S. The molecule has 2 atom stereocenters. The fourth-order valence-corrected chi connectivity index (χ4v) is 4.58. The first-order valence-electron chi connectivity index (χ1n) is 10.3. The molecule has 1 fully saturated rings. The Kier molecular flexibility index (Phi) is 5.25. The van der Waals surface area contributed by atoms with Gasteiger partial charge >= 0.3 is 0 Å². The van der Waals surface area contributed by atoms with Gasteiger partial charge in [0.1, 0.15) is 17.5 Å². The number of nitrogens with zero attached hydrogens (tertiary/aromatic N) is 3. The number of anilines is 1. The van der Waals surface area contributed by atoms with Crippen LogP contribution >= 0.6 is 12.2 Å². The minimum Gasteiger partial charge on any atom is -0.508 e. The van der Waals surface area contributed by atoms with Gasteiger partial charge in [0.25, 0.3) is 0 Å². The number of methoxy groups -OCH3 is 1. The molecular weight excluding hydrogens is 420 g/mol. The van der Waals surface area contributed by atoms with Gasteiger partial charge in [-0.2, -0.15) is 0 Å². The van der Waals surface area contributed by atoms with Crippen LogP contribution < -0.4 is 15.0 Å². The van der Waals surface area contributed by atoms with Gasteiger partial charge in [-0.25, -0.2) is 0 Å². The molecule has 1 saturated heterocycles. The third kappa shape index (κ3) is 3.46. The summed E-state index contributed by atoms with van der Waals surface area (Å²) in [5.74, 6) is 0.992. The molecule has 0 amide bonds. The first-order chi connectivity index (χ1) is 15.7. The second-order valence-corrected chi connectivity index (χ2v) is 7.87. The molecule has 32 heavy (non-hydrogen) atoms. The average Bonchev–Trinajstić information content (AvgIpc) is 3.44. The summed E-state index contributed by atoms with van der Waals surface area (Å²) < 4.78 is 7.76. The minimum absolute atomic E-state index is 0.166. The Morgan fingerprint density at radius 3 is 2.50 bits per heavy atom. The van der Waals surface area contributed by atoms with E-state index in [1.807, 2.05) is 66.9 Å². The van der Waals surface area contributed by atoms with Gasteiger partial charge in [-0.05, 0) is 72.9 Å². The van der Waals surface area contributed by atoms with E-state index < -0.39 is 0 Å². The maximum absolute atomic E-state index is 9.80. The zero-order valence-electron chi connectivity index (χ0n) is 17.4. The summed E-state index contributed by atoms with van der Waals surface area (Å²) in [6.07, 6.45) is 3.82. The monoisotopic (exact) mass is 442 g/mol. The predicted octanol–water partition coefficient (Wildman–Crippen LogP) is 4.76. The average molecular weight is 443 g/mol. The van der Waals surface area contributed by atoms with Crippen LogP contribution in [-0.2, 0) is 0 Å². The van der Waals surface area contributed by atoms with E-state index in [1.54, 1.807) is 25.4 Å². The lowest BCUT2D eigenvalue weighted by atomic mass is 10.0. The summed E-state index contributed by atoms with van der Waals surface area (Å²) in [4.78, 5) is 6.69. The Morgan fingerprint density at radius 2 is 1.75 bits per heavy atom. The Hall–Kier alpha value is -3.84. The molecule has 1 aliphatic rings. The lowest BCUT2D eigenvalue weighted by molar-refractivity contribution is 0.412. The van der Waals surface area contributed by atoms with Crippen molar-refractivity contribution in [3.63, 3.8) is 0 Å². The predicted molar refractivity (Wildman–Crippen MR) is 128 cm³/mol. The van der Waals surface area contributed by atoms with E-state index in [4.69, 9.17) is 17.0 Å². The van der Waals surface area contributed by atoms with E-state index in [0.29, 0.717) is 5.11 Å². The molecule has 160 valence electrons. The molecule has 0 saturated carbocycles. The molecule has 0 unspecified atom stereocenters. The molecule has 7 heteroatoms. The van der Waals surface area contributed by atoms with Gasteiger partial charge in [-0.1, -0.05) is 18.2 Å². The Morgan fingerprint density at radius 1 is 0.969 bits per heavy atom. The lowest BCUT2D eigenvalue weighted by Gasteiger charge is -2.29. The van der Waals surface area contributed by atoms with Crippen LogP contribution in [-0.4, -0.2) is 26.9 Å². The van der Waals surface area contributed by atoms with Crippen LogP contribution in [0.25, 0.3) is 5.69 Å². The zero-order valence-corrected chi connectivity index (χ0v) is 18.2. The van der Waals surface area contributed by atoms with Crippen LogP contribution in [0.4, 0.5) is 5.69 Å². The first kappa shape index (κ1) is 20.1. The van der Waals surface area contributed by atoms with Crippen molar-refractivity contribution in [3.8, 4) is 17.2 Å². The van der Waals surface area contributed by atoms with Crippen LogP contribution in [0.1, 0.15) is 23.5 Å². The standard InChI is InChI=1S/C25H22N4O2S/c1-31-22-10-3-2-8-20(22)28-16-6-9-21(28)24-23(19-7-4-5-15-26-19)27-25(32)29(24)17-11-13-18(30)14-12-17/h2-16,23-24,30H,1H3,(H,27,32)/t23-,24+/m1/s1. The van der Waals surface area contributed by atoms with Crippen molar-refractivity contribution >= 4 is 23.0 Å². The summed E-state index contributed by atoms with van der Waals surface area (Å²) in [7, 11) is 1.67. The Balaban J connectivity index is 1.68. The second-order valence-electron chi connectivity index (χ2n) is 7.49. The zero-order chi connectivity index (χ0) is 22.1. The van der Waals surface area contributed by atoms with Crippen molar-refractivity contribution in [2.45, 2.75) is 12.1 Å². The van der Waals surface area contributed by atoms with Gasteiger partial charge in [0, 0.05) is 23.8 Å². The molecule has 4 aromatic rings. The lowest BCUT2D eigenvalue weighted by Crippen LogP contribution is -2.30. The van der Waals surface area contributed by atoms with Crippen molar-refractivity contribution in [1.29, 1.82) is 0 Å². The molecule has 0 aliphatic carbocycles. The van der Waals surface area contributed by atoms with Crippen molar-refractivity contribution in [2.75, 3.05) is 12.0 Å². The molecule has 2 aromatic carbocycles. The molecule has 3 heterocycles. The van der Waals surface area contributed by atoms with Gasteiger partial charge in [-0.15, -0.1) is 0 Å². The third-order valence-corrected chi connectivity index (χ3v) is 5.97. The van der Waals surface area contributed by atoms with Crippen LogP contribution in [0.5, 0.6) is 11.5 Å². The third-order valence-electron chi connectivity index (χ3n) is 5.65. The Bertz CT molecular complexity index is 1240. The quantitative estimate of drug-likeness (QED) is 0.435.